The number of unbranched alkanes of at least 4 members (excludes halogenated alkanes) is 16. The highest BCUT2D eigenvalue weighted by molar-refractivity contribution is 5.85. The summed E-state index contributed by atoms with van der Waals surface area (Å²) in [4.78, 5) is 14.0. The molecule has 2 rings (SSSR count). The normalized spacial score (nSPS) is 11.7. The topological polar surface area (TPSA) is 71.7 Å². The van der Waals surface area contributed by atoms with Crippen LogP contribution in [0.25, 0.3) is 0 Å². The highest BCUT2D eigenvalue weighted by atomic mass is 16.3. The van der Waals surface area contributed by atoms with E-state index in [1.807, 2.05) is 24.3 Å². The predicted molar refractivity (Wildman–Crippen MR) is 221 cm³/mol. The molecule has 0 saturated heterocycles. The van der Waals surface area contributed by atoms with E-state index in [1.165, 1.54) is 128 Å². The summed E-state index contributed by atoms with van der Waals surface area (Å²) in [6.45, 7) is 14.2. The largest absolute Gasteiger partial charge is 0.507 e. The molecule has 0 unspecified atom stereocenters. The third kappa shape index (κ3) is 18.8. The maximum Gasteiger partial charge on any atom is 0.126 e. The average molecular weight is 691 g/mol. The van der Waals surface area contributed by atoms with Gasteiger partial charge < -0.3 is 20.0 Å². The maximum absolute atomic E-state index is 10.9. The number of hydrogen-bond acceptors (Lipinski definition) is 6. The second-order valence-electron chi connectivity index (χ2n) is 14.2. The summed E-state index contributed by atoms with van der Waals surface area (Å²) in [7, 11) is 0. The quantitative estimate of drug-likeness (QED) is 0.0610. The van der Waals surface area contributed by atoms with Crippen molar-refractivity contribution in [3.63, 3.8) is 0 Å². The number of aliphatic imine (C=N–C) groups is 2. The number of phenolic OH excluding ortho intramolecular Hbond substituents is 2. The fraction of sp³-hybridized carbons (Fsp3) is 0.682. The number of anilines is 2. The van der Waals surface area contributed by atoms with Gasteiger partial charge >= 0.3 is 0 Å². The summed E-state index contributed by atoms with van der Waals surface area (Å²) in [5.41, 5.74) is 3.67. The highest BCUT2D eigenvalue weighted by Gasteiger charge is 2.11. The molecule has 2 N–H and O–H groups in total. The highest BCUT2D eigenvalue weighted by Crippen LogP contribution is 2.26. The molecule has 0 atom stereocenters. The molecule has 0 heterocycles. The maximum atomic E-state index is 10.9. The van der Waals surface area contributed by atoms with E-state index in [2.05, 4.69) is 59.6 Å². The van der Waals surface area contributed by atoms with Crippen LogP contribution >= 0.6 is 0 Å². The molecule has 0 saturated carbocycles. The molecule has 0 aliphatic rings. The van der Waals surface area contributed by atoms with Gasteiger partial charge in [-0.15, -0.1) is 0 Å². The average Bonchev–Trinajstić information content (AvgIpc) is 3.12. The Balaban J connectivity index is 1.92. The first-order valence-corrected chi connectivity index (χ1v) is 20.7. The van der Waals surface area contributed by atoms with Gasteiger partial charge in [0, 0.05) is 73.2 Å². The van der Waals surface area contributed by atoms with Crippen LogP contribution in [0.5, 0.6) is 11.5 Å². The van der Waals surface area contributed by atoms with E-state index in [0.717, 1.165) is 48.7 Å². The van der Waals surface area contributed by atoms with Gasteiger partial charge in [-0.25, -0.2) is 0 Å². The minimum absolute atomic E-state index is 0.276. The predicted octanol–water partition coefficient (Wildman–Crippen LogP) is 12.1. The Hall–Kier alpha value is -3.02. The van der Waals surface area contributed by atoms with Gasteiger partial charge in [-0.05, 0) is 49.9 Å². The molecule has 0 spiro atoms. The van der Waals surface area contributed by atoms with E-state index >= 15 is 0 Å². The third-order valence-corrected chi connectivity index (χ3v) is 9.70. The van der Waals surface area contributed by atoms with E-state index in [0.29, 0.717) is 13.1 Å². The van der Waals surface area contributed by atoms with Crippen molar-refractivity contribution in [3.8, 4) is 11.5 Å². The fourth-order valence-corrected chi connectivity index (χ4v) is 6.48. The molecule has 0 bridgehead atoms. The van der Waals surface area contributed by atoms with Gasteiger partial charge in [0.1, 0.15) is 11.5 Å². The van der Waals surface area contributed by atoms with Gasteiger partial charge in [0.15, 0.2) is 0 Å². The lowest BCUT2D eigenvalue weighted by Crippen LogP contribution is -2.25. The Morgan fingerprint density at radius 1 is 0.440 bits per heavy atom. The lowest BCUT2D eigenvalue weighted by molar-refractivity contribution is 0.473. The van der Waals surface area contributed by atoms with Gasteiger partial charge in [0.25, 0.3) is 0 Å². The molecule has 282 valence electrons. The van der Waals surface area contributed by atoms with Crippen molar-refractivity contribution in [1.82, 2.24) is 0 Å². The molecule has 2 aromatic carbocycles. The van der Waals surface area contributed by atoms with Gasteiger partial charge in [-0.2, -0.15) is 0 Å². The minimum atomic E-state index is 0.276. The summed E-state index contributed by atoms with van der Waals surface area (Å²) in [5, 5.41) is 21.7. The van der Waals surface area contributed by atoms with Crippen molar-refractivity contribution in [3.05, 3.63) is 47.5 Å². The van der Waals surface area contributed by atoms with Gasteiger partial charge in [0.2, 0.25) is 0 Å². The van der Waals surface area contributed by atoms with Crippen molar-refractivity contribution in [2.45, 2.75) is 156 Å². The molecule has 0 aliphatic heterocycles. The van der Waals surface area contributed by atoms with E-state index in [4.69, 9.17) is 0 Å². The Bertz CT molecular complexity index is 1060. The zero-order chi connectivity index (χ0) is 36.1. The molecule has 0 radical (unpaired) electrons. The number of rotatable bonds is 31. The van der Waals surface area contributed by atoms with Crippen molar-refractivity contribution in [1.29, 1.82) is 0 Å². The molecule has 0 fully saturated rings. The molecular formula is C44H74N4O2. The SMILES string of the molecule is CCCCCCCN(CCCCCCC)c1ccc(C=NCCN=Cc2ccc(N(CCCCCCC)CCCCCCC)cc2O)c(O)c1. The molecule has 0 aliphatic carbocycles. The molecule has 50 heavy (non-hydrogen) atoms. The molecular weight excluding hydrogens is 617 g/mol. The van der Waals surface area contributed by atoms with Crippen LogP contribution in [-0.2, 0) is 0 Å². The zero-order valence-corrected chi connectivity index (χ0v) is 32.7. The van der Waals surface area contributed by atoms with Crippen LogP contribution in [0, 0.1) is 0 Å². The van der Waals surface area contributed by atoms with Crippen LogP contribution in [0.3, 0.4) is 0 Å². The van der Waals surface area contributed by atoms with E-state index in [9.17, 15) is 10.2 Å². The smallest absolute Gasteiger partial charge is 0.126 e. The van der Waals surface area contributed by atoms with Crippen LogP contribution in [0.15, 0.2) is 46.4 Å². The zero-order valence-electron chi connectivity index (χ0n) is 32.7. The van der Waals surface area contributed by atoms with Gasteiger partial charge in [-0.1, -0.05) is 130 Å². The standard InChI is InChI=1S/C44H74N4O2/c1-5-9-13-17-21-31-47(32-22-18-14-10-6-2)41-27-25-39(43(49)35-41)37-45-29-30-46-38-40-26-28-42(36-44(40)50)48(33-23-19-15-11-7-3)34-24-20-16-12-8-4/h25-28,35-38,49-50H,5-24,29-34H2,1-4H3. The molecule has 0 aromatic heterocycles. The summed E-state index contributed by atoms with van der Waals surface area (Å²) in [5.74, 6) is 0.551. The number of hydrogen-bond donors (Lipinski definition) is 2. The number of aromatic hydroxyl groups is 2. The van der Waals surface area contributed by atoms with Crippen molar-refractivity contribution >= 4 is 23.8 Å². The first kappa shape index (κ1) is 43.1. The first-order valence-electron chi connectivity index (χ1n) is 20.7. The third-order valence-electron chi connectivity index (χ3n) is 9.70. The lowest BCUT2D eigenvalue weighted by atomic mass is 10.1. The molecule has 0 amide bonds. The monoisotopic (exact) mass is 691 g/mol. The molecule has 2 aromatic rings. The Kier molecular flexibility index (Phi) is 24.7. The Morgan fingerprint density at radius 2 is 0.740 bits per heavy atom. The van der Waals surface area contributed by atoms with Crippen molar-refractivity contribution in [2.75, 3.05) is 49.1 Å². The van der Waals surface area contributed by atoms with Crippen LogP contribution < -0.4 is 9.80 Å². The Morgan fingerprint density at radius 3 is 1.02 bits per heavy atom. The summed E-state index contributed by atoms with van der Waals surface area (Å²) < 4.78 is 0. The fourth-order valence-electron chi connectivity index (χ4n) is 6.48. The summed E-state index contributed by atoms with van der Waals surface area (Å²) in [6.07, 6.45) is 28.8. The van der Waals surface area contributed by atoms with E-state index in [1.54, 1.807) is 12.4 Å². The molecule has 6 nitrogen and oxygen atoms in total. The van der Waals surface area contributed by atoms with Gasteiger partial charge in [-0.3, -0.25) is 9.98 Å². The second-order valence-corrected chi connectivity index (χ2v) is 14.2. The Labute approximate surface area is 307 Å². The van der Waals surface area contributed by atoms with Crippen LogP contribution in [0.1, 0.15) is 167 Å². The molecule has 6 heteroatoms. The summed E-state index contributed by atoms with van der Waals surface area (Å²) >= 11 is 0. The number of nitrogens with zero attached hydrogens (tertiary/aromatic N) is 4. The number of phenols is 2. The van der Waals surface area contributed by atoms with Crippen molar-refractivity contribution in [2.24, 2.45) is 9.98 Å². The first-order chi connectivity index (χ1) is 24.5. The van der Waals surface area contributed by atoms with Crippen LogP contribution in [0.2, 0.25) is 0 Å². The van der Waals surface area contributed by atoms with Crippen molar-refractivity contribution < 1.29 is 10.2 Å². The van der Waals surface area contributed by atoms with E-state index in [-0.39, 0.29) is 11.5 Å². The second kappa shape index (κ2) is 28.7. The summed E-state index contributed by atoms with van der Waals surface area (Å²) in [6, 6.07) is 12.0. The van der Waals surface area contributed by atoms with Crippen LogP contribution in [-0.4, -0.2) is 61.9 Å². The lowest BCUT2D eigenvalue weighted by Gasteiger charge is -2.25. The van der Waals surface area contributed by atoms with E-state index < -0.39 is 0 Å². The van der Waals surface area contributed by atoms with Gasteiger partial charge in [0.05, 0.1) is 13.1 Å². The van der Waals surface area contributed by atoms with Crippen LogP contribution in [0.4, 0.5) is 11.4 Å². The minimum Gasteiger partial charge on any atom is -0.507 e. The number of benzene rings is 2.